The van der Waals surface area contributed by atoms with Crippen LogP contribution >= 0.6 is 0 Å². The second-order valence-electron chi connectivity index (χ2n) is 10.3. The number of hydrogen-bond acceptors (Lipinski definition) is 8. The molecule has 10 nitrogen and oxygen atoms in total. The van der Waals surface area contributed by atoms with Gasteiger partial charge in [-0.15, -0.1) is 0 Å². The summed E-state index contributed by atoms with van der Waals surface area (Å²) in [6, 6.07) is 12.3. The van der Waals surface area contributed by atoms with Gasteiger partial charge in [0.1, 0.15) is 11.3 Å². The Kier molecular flexibility index (Phi) is 8.20. The van der Waals surface area contributed by atoms with Gasteiger partial charge in [-0.1, -0.05) is 12.1 Å². The molecule has 0 saturated carbocycles. The normalized spacial score (nSPS) is 15.6. The average molecular weight is 618 g/mol. The largest absolute Gasteiger partial charge is 0.497 e. The number of sulfone groups is 1. The van der Waals surface area contributed by atoms with Gasteiger partial charge in [0, 0.05) is 43.6 Å². The Labute approximate surface area is 246 Å². The Balaban J connectivity index is 1.43. The van der Waals surface area contributed by atoms with Crippen molar-refractivity contribution in [3.63, 3.8) is 0 Å². The Morgan fingerprint density at radius 1 is 1.09 bits per heavy atom. The van der Waals surface area contributed by atoms with Crippen molar-refractivity contribution >= 4 is 21.4 Å². The van der Waals surface area contributed by atoms with Crippen molar-refractivity contribution in [2.45, 2.75) is 24.0 Å². The molecule has 0 spiro atoms. The predicted octanol–water partition coefficient (Wildman–Crippen LogP) is 3.63. The summed E-state index contributed by atoms with van der Waals surface area (Å²) in [7, 11) is -1.96. The van der Waals surface area contributed by atoms with Gasteiger partial charge in [-0.05, 0) is 48.9 Å². The lowest BCUT2D eigenvalue weighted by atomic mass is 10.0. The topological polar surface area (TPSA) is 117 Å². The molecule has 1 N–H and O–H groups in total. The molecule has 43 heavy (non-hydrogen) atoms. The number of benzene rings is 2. The number of nitrogens with zero attached hydrogens (tertiary/aromatic N) is 5. The first kappa shape index (κ1) is 30.4. The van der Waals surface area contributed by atoms with E-state index < -0.39 is 33.7 Å². The summed E-state index contributed by atoms with van der Waals surface area (Å²) in [6.07, 6.45) is -2.55. The van der Waals surface area contributed by atoms with Gasteiger partial charge in [0.2, 0.25) is 0 Å². The van der Waals surface area contributed by atoms with Gasteiger partial charge in [0.05, 0.1) is 36.5 Å². The van der Waals surface area contributed by atoms with Crippen molar-refractivity contribution in [1.29, 1.82) is 0 Å². The van der Waals surface area contributed by atoms with E-state index in [9.17, 15) is 31.5 Å². The fraction of sp³-hybridized carbons (Fsp3) is 0.345. The lowest BCUT2D eigenvalue weighted by Crippen LogP contribution is -2.50. The molecular weight excluding hydrogens is 587 g/mol. The number of alkyl halides is 3. The van der Waals surface area contributed by atoms with Crippen LogP contribution in [-0.2, 0) is 16.0 Å². The van der Waals surface area contributed by atoms with Crippen molar-refractivity contribution in [3.8, 4) is 17.0 Å². The number of methoxy groups -OCH3 is 1. The lowest BCUT2D eigenvalue weighted by molar-refractivity contribution is -0.143. The maximum atomic E-state index is 14.3. The molecule has 1 aliphatic rings. The van der Waals surface area contributed by atoms with Gasteiger partial charge in [0.25, 0.3) is 5.91 Å². The van der Waals surface area contributed by atoms with E-state index >= 15 is 0 Å². The molecule has 1 aliphatic heterocycles. The van der Waals surface area contributed by atoms with Crippen LogP contribution in [-0.4, -0.2) is 90.0 Å². The number of amides is 1. The quantitative estimate of drug-likeness (QED) is 0.334. The minimum Gasteiger partial charge on any atom is -0.497 e. The second-order valence-corrected chi connectivity index (χ2v) is 12.3. The van der Waals surface area contributed by atoms with Gasteiger partial charge in [-0.2, -0.15) is 18.3 Å². The number of piperazine rings is 1. The van der Waals surface area contributed by atoms with E-state index in [1.807, 2.05) is 4.90 Å². The molecule has 0 bridgehead atoms. The summed E-state index contributed by atoms with van der Waals surface area (Å²) >= 11 is 0. The highest BCUT2D eigenvalue weighted by Crippen LogP contribution is 2.37. The molecule has 228 valence electrons. The van der Waals surface area contributed by atoms with Crippen molar-refractivity contribution in [1.82, 2.24) is 24.4 Å². The second kappa shape index (κ2) is 11.6. The van der Waals surface area contributed by atoms with Crippen LogP contribution in [0.1, 0.15) is 33.2 Å². The summed E-state index contributed by atoms with van der Waals surface area (Å²) in [5.41, 5.74) is -0.294. The van der Waals surface area contributed by atoms with Crippen molar-refractivity contribution in [2.24, 2.45) is 0 Å². The number of carbonyl (C=O) groups is 1. The SMILES string of the molecule is COc1ccc(-c2nc3c(C(=O)N4CCN([C@H](CO)c5cccc(S(C)(=O)=O)c5)CC4)cnn3c(C(F)(F)F)c2C)cc1. The van der Waals surface area contributed by atoms with Crippen LogP contribution in [0.25, 0.3) is 16.9 Å². The minimum absolute atomic E-state index is 0.0618. The van der Waals surface area contributed by atoms with E-state index in [0.29, 0.717) is 34.5 Å². The van der Waals surface area contributed by atoms with Gasteiger partial charge in [0.15, 0.2) is 21.2 Å². The third-order valence-electron chi connectivity index (χ3n) is 7.63. The van der Waals surface area contributed by atoms with Gasteiger partial charge >= 0.3 is 6.18 Å². The minimum atomic E-state index is -4.77. The fourth-order valence-corrected chi connectivity index (χ4v) is 6.05. The molecule has 0 radical (unpaired) electrons. The smallest absolute Gasteiger partial charge is 0.433 e. The van der Waals surface area contributed by atoms with Gasteiger partial charge < -0.3 is 14.7 Å². The first-order valence-corrected chi connectivity index (χ1v) is 15.3. The molecule has 4 aromatic rings. The van der Waals surface area contributed by atoms with E-state index in [2.05, 4.69) is 10.1 Å². The molecule has 0 aliphatic carbocycles. The number of aliphatic hydroxyl groups excluding tert-OH is 1. The highest BCUT2D eigenvalue weighted by atomic mass is 32.2. The molecule has 5 rings (SSSR count). The van der Waals surface area contributed by atoms with Gasteiger partial charge in [-0.3, -0.25) is 9.69 Å². The zero-order valence-corrected chi connectivity index (χ0v) is 24.5. The molecule has 1 amide bonds. The summed E-state index contributed by atoms with van der Waals surface area (Å²) in [6.45, 7) is 2.18. The summed E-state index contributed by atoms with van der Waals surface area (Å²) in [4.78, 5) is 21.7. The Morgan fingerprint density at radius 3 is 2.35 bits per heavy atom. The van der Waals surface area contributed by atoms with Crippen molar-refractivity contribution in [3.05, 3.63) is 77.1 Å². The summed E-state index contributed by atoms with van der Waals surface area (Å²) in [5, 5.41) is 14.1. The molecule has 0 unspecified atom stereocenters. The third-order valence-corrected chi connectivity index (χ3v) is 8.74. The third kappa shape index (κ3) is 5.94. The number of carbonyl (C=O) groups excluding carboxylic acids is 1. The van der Waals surface area contributed by atoms with E-state index in [-0.39, 0.29) is 47.1 Å². The summed E-state index contributed by atoms with van der Waals surface area (Å²) < 4.78 is 72.7. The average Bonchev–Trinajstić information content (AvgIpc) is 3.39. The molecule has 2 aromatic heterocycles. The first-order chi connectivity index (χ1) is 20.3. The van der Waals surface area contributed by atoms with E-state index in [0.717, 1.165) is 12.5 Å². The number of halogens is 3. The molecular formula is C29H30F3N5O5S. The van der Waals surface area contributed by atoms with Crippen LogP contribution in [0.4, 0.5) is 13.2 Å². The summed E-state index contributed by atoms with van der Waals surface area (Å²) in [5.74, 6) is 0.0175. The number of hydrogen-bond donors (Lipinski definition) is 1. The van der Waals surface area contributed by atoms with Crippen LogP contribution in [0.15, 0.2) is 59.6 Å². The van der Waals surface area contributed by atoms with E-state index in [4.69, 9.17) is 4.74 Å². The molecule has 1 atom stereocenters. The Hall–Kier alpha value is -4.01. The highest BCUT2D eigenvalue weighted by molar-refractivity contribution is 7.90. The maximum Gasteiger partial charge on any atom is 0.433 e. The monoisotopic (exact) mass is 617 g/mol. The van der Waals surface area contributed by atoms with Crippen LogP contribution in [0, 0.1) is 6.92 Å². The molecule has 3 heterocycles. The molecule has 14 heteroatoms. The first-order valence-electron chi connectivity index (χ1n) is 13.4. The molecule has 1 fully saturated rings. The maximum absolute atomic E-state index is 14.3. The zero-order chi connectivity index (χ0) is 31.1. The number of fused-ring (bicyclic) bond motifs is 1. The zero-order valence-electron chi connectivity index (χ0n) is 23.7. The van der Waals surface area contributed by atoms with Crippen LogP contribution in [0.2, 0.25) is 0 Å². The number of aromatic nitrogens is 3. The molecule has 2 aromatic carbocycles. The standard InChI is InChI=1S/C29H30F3N5O5S/c1-18-25(19-7-9-21(42-2)10-8-19)34-27-23(16-33-37(27)26(18)29(30,31)32)28(39)36-13-11-35(12-14-36)24(17-38)20-5-4-6-22(15-20)43(3,40)41/h4-10,15-16,24,38H,11-14,17H2,1-3H3/t24-/m1/s1. The van der Waals surface area contributed by atoms with Crippen LogP contribution < -0.4 is 4.74 Å². The highest BCUT2D eigenvalue weighted by Gasteiger charge is 2.39. The van der Waals surface area contributed by atoms with Gasteiger partial charge in [-0.25, -0.2) is 17.9 Å². The van der Waals surface area contributed by atoms with Crippen molar-refractivity contribution in [2.75, 3.05) is 46.2 Å². The van der Waals surface area contributed by atoms with E-state index in [1.165, 1.54) is 31.1 Å². The number of rotatable bonds is 7. The lowest BCUT2D eigenvalue weighted by Gasteiger charge is -2.38. The number of aliphatic hydroxyl groups is 1. The van der Waals surface area contributed by atoms with E-state index in [1.54, 1.807) is 36.4 Å². The van der Waals surface area contributed by atoms with Crippen LogP contribution in [0.5, 0.6) is 5.75 Å². The number of ether oxygens (including phenoxy) is 1. The Bertz CT molecular complexity index is 1770. The van der Waals surface area contributed by atoms with Crippen LogP contribution in [0.3, 0.4) is 0 Å². The van der Waals surface area contributed by atoms with Crippen molar-refractivity contribution < 1.29 is 36.2 Å². The fourth-order valence-electron chi connectivity index (χ4n) is 5.38. The predicted molar refractivity (Wildman–Crippen MR) is 152 cm³/mol. The Morgan fingerprint density at radius 2 is 1.77 bits per heavy atom. The molecule has 1 saturated heterocycles.